The molecule has 2 N–H and O–H groups in total. The average Bonchev–Trinajstić information content (AvgIpc) is 3.06. The van der Waals surface area contributed by atoms with Crippen LogP contribution in [-0.4, -0.2) is 76.4 Å². The van der Waals surface area contributed by atoms with Crippen LogP contribution in [0.5, 0.6) is 0 Å². The van der Waals surface area contributed by atoms with Gasteiger partial charge in [-0.3, -0.25) is 14.7 Å². The molecule has 2 aromatic heterocycles. The van der Waals surface area contributed by atoms with E-state index < -0.39 is 18.0 Å². The predicted octanol–water partition coefficient (Wildman–Crippen LogP) is 2.46. The maximum absolute atomic E-state index is 13.3. The number of fused-ring (bicyclic) bond motifs is 2. The van der Waals surface area contributed by atoms with Crippen LogP contribution in [0.3, 0.4) is 0 Å². The third-order valence-electron chi connectivity index (χ3n) is 6.64. The highest BCUT2D eigenvalue weighted by molar-refractivity contribution is 5.98. The van der Waals surface area contributed by atoms with Crippen molar-refractivity contribution in [2.75, 3.05) is 43.4 Å². The minimum Gasteiger partial charge on any atom is -0.369 e. The Morgan fingerprint density at radius 3 is 2.59 bits per heavy atom. The number of carbonyl (C=O) groups excluding carboxylic acids is 1. The van der Waals surface area contributed by atoms with Crippen molar-refractivity contribution in [3.05, 3.63) is 52.5 Å². The standard InChI is InChI=1S/C23H25F3N6O2/c1-13-19(23(24,25)26)21(33)29-17-7-14(9-28-20(13)17)11-31-3-5-32(6-4-31)18-8-15-12-30(2)22(34)16(15)10-27-18/h7-10,21,29,33H,3-6,11-12H2,1-2H3. The smallest absolute Gasteiger partial charge is 0.369 e. The molecule has 1 unspecified atom stereocenters. The summed E-state index contributed by atoms with van der Waals surface area (Å²) >= 11 is 0. The van der Waals surface area contributed by atoms with Crippen molar-refractivity contribution < 1.29 is 23.1 Å². The highest BCUT2D eigenvalue weighted by atomic mass is 19.4. The van der Waals surface area contributed by atoms with Crippen molar-refractivity contribution in [3.63, 3.8) is 0 Å². The van der Waals surface area contributed by atoms with Gasteiger partial charge in [-0.25, -0.2) is 4.98 Å². The highest BCUT2D eigenvalue weighted by Gasteiger charge is 2.43. The fraction of sp³-hybridized carbons (Fsp3) is 0.435. The molecule has 5 heterocycles. The summed E-state index contributed by atoms with van der Waals surface area (Å²) < 4.78 is 39.8. The first-order chi connectivity index (χ1) is 16.1. The van der Waals surface area contributed by atoms with Crippen molar-refractivity contribution in [2.24, 2.45) is 0 Å². The summed E-state index contributed by atoms with van der Waals surface area (Å²) in [4.78, 5) is 26.9. The summed E-state index contributed by atoms with van der Waals surface area (Å²) in [6.07, 6.45) is -3.20. The quantitative estimate of drug-likeness (QED) is 0.707. The average molecular weight is 474 g/mol. The van der Waals surface area contributed by atoms with Crippen LogP contribution in [0.2, 0.25) is 0 Å². The van der Waals surface area contributed by atoms with E-state index in [0.717, 1.165) is 43.1 Å². The largest absolute Gasteiger partial charge is 0.417 e. The Labute approximate surface area is 194 Å². The van der Waals surface area contributed by atoms with Gasteiger partial charge in [0.25, 0.3) is 5.91 Å². The number of anilines is 2. The molecule has 0 bridgehead atoms. The number of nitrogens with one attached hydrogen (secondary N) is 1. The molecule has 3 aliphatic rings. The lowest BCUT2D eigenvalue weighted by Gasteiger charge is -2.35. The highest BCUT2D eigenvalue weighted by Crippen LogP contribution is 2.40. The first-order valence-corrected chi connectivity index (χ1v) is 11.1. The lowest BCUT2D eigenvalue weighted by Crippen LogP contribution is -2.46. The van der Waals surface area contributed by atoms with Crippen LogP contribution in [0.15, 0.2) is 30.1 Å². The second-order valence-electron chi connectivity index (χ2n) is 8.95. The van der Waals surface area contributed by atoms with Crippen molar-refractivity contribution in [2.45, 2.75) is 32.4 Å². The van der Waals surface area contributed by atoms with E-state index in [1.807, 2.05) is 6.07 Å². The van der Waals surface area contributed by atoms with Gasteiger partial charge in [0.2, 0.25) is 0 Å². The Morgan fingerprint density at radius 1 is 1.15 bits per heavy atom. The molecule has 1 saturated heterocycles. The van der Waals surface area contributed by atoms with Crippen molar-refractivity contribution in [3.8, 4) is 0 Å². The van der Waals surface area contributed by atoms with E-state index in [0.29, 0.717) is 24.3 Å². The zero-order valence-electron chi connectivity index (χ0n) is 18.9. The number of amides is 1. The van der Waals surface area contributed by atoms with Gasteiger partial charge in [-0.05, 0) is 35.8 Å². The Hall–Kier alpha value is -3.18. The van der Waals surface area contributed by atoms with Gasteiger partial charge < -0.3 is 20.2 Å². The first-order valence-electron chi connectivity index (χ1n) is 11.1. The van der Waals surface area contributed by atoms with Crippen LogP contribution >= 0.6 is 0 Å². The maximum Gasteiger partial charge on any atom is 0.417 e. The number of pyridine rings is 2. The summed E-state index contributed by atoms with van der Waals surface area (Å²) in [6, 6.07) is 3.74. The third-order valence-corrected chi connectivity index (χ3v) is 6.64. The molecule has 180 valence electrons. The van der Waals surface area contributed by atoms with Gasteiger partial charge in [0, 0.05) is 58.7 Å². The molecule has 34 heavy (non-hydrogen) atoms. The van der Waals surface area contributed by atoms with Crippen LogP contribution in [0.4, 0.5) is 24.7 Å². The van der Waals surface area contributed by atoms with Gasteiger partial charge >= 0.3 is 6.18 Å². The molecule has 5 rings (SSSR count). The number of piperazine rings is 1. The van der Waals surface area contributed by atoms with E-state index in [4.69, 9.17) is 0 Å². The molecule has 3 aliphatic heterocycles. The fourth-order valence-corrected chi connectivity index (χ4v) is 4.83. The van der Waals surface area contributed by atoms with Gasteiger partial charge in [-0.15, -0.1) is 0 Å². The normalized spacial score (nSPS) is 21.0. The maximum atomic E-state index is 13.3. The molecule has 0 spiro atoms. The van der Waals surface area contributed by atoms with Crippen molar-refractivity contribution in [1.29, 1.82) is 0 Å². The summed E-state index contributed by atoms with van der Waals surface area (Å²) in [7, 11) is 1.78. The molecule has 1 fully saturated rings. The van der Waals surface area contributed by atoms with Crippen LogP contribution < -0.4 is 10.2 Å². The number of aromatic nitrogens is 2. The Bertz CT molecular complexity index is 1170. The zero-order chi connectivity index (χ0) is 24.2. The molecule has 1 atom stereocenters. The lowest BCUT2D eigenvalue weighted by atomic mass is 9.98. The lowest BCUT2D eigenvalue weighted by molar-refractivity contribution is -0.103. The number of halogens is 3. The topological polar surface area (TPSA) is 84.8 Å². The van der Waals surface area contributed by atoms with Crippen LogP contribution in [-0.2, 0) is 13.1 Å². The number of nitrogens with zero attached hydrogens (tertiary/aromatic N) is 5. The number of allylic oxidation sites excluding steroid dienone is 1. The minimum atomic E-state index is -4.63. The van der Waals surface area contributed by atoms with Crippen molar-refractivity contribution >= 4 is 23.0 Å². The van der Waals surface area contributed by atoms with Crippen LogP contribution in [0.1, 0.15) is 34.1 Å². The summed E-state index contributed by atoms with van der Waals surface area (Å²) in [5, 5.41) is 12.5. The molecular weight excluding hydrogens is 449 g/mol. The fourth-order valence-electron chi connectivity index (χ4n) is 4.83. The minimum absolute atomic E-state index is 0.000138. The number of aliphatic hydroxyl groups excluding tert-OH is 1. The Kier molecular flexibility index (Phi) is 5.48. The van der Waals surface area contributed by atoms with E-state index in [1.54, 1.807) is 30.4 Å². The second kappa shape index (κ2) is 8.24. The number of hydrogen-bond donors (Lipinski definition) is 2. The summed E-state index contributed by atoms with van der Waals surface area (Å²) in [5.74, 6) is 0.859. The number of rotatable bonds is 3. The van der Waals surface area contributed by atoms with Crippen LogP contribution in [0, 0.1) is 0 Å². The molecule has 0 saturated carbocycles. The van der Waals surface area contributed by atoms with Gasteiger partial charge in [0.1, 0.15) is 5.82 Å². The van der Waals surface area contributed by atoms with Gasteiger partial charge in [0.15, 0.2) is 6.23 Å². The molecule has 2 aromatic rings. The number of aliphatic hydroxyl groups is 1. The van der Waals surface area contributed by atoms with Crippen LogP contribution in [0.25, 0.3) is 5.57 Å². The zero-order valence-corrected chi connectivity index (χ0v) is 18.9. The predicted molar refractivity (Wildman–Crippen MR) is 120 cm³/mol. The van der Waals surface area contributed by atoms with E-state index in [1.165, 1.54) is 6.92 Å². The van der Waals surface area contributed by atoms with Gasteiger partial charge in [-0.1, -0.05) is 0 Å². The van der Waals surface area contributed by atoms with E-state index in [2.05, 4.69) is 25.1 Å². The molecule has 11 heteroatoms. The number of alkyl halides is 3. The Morgan fingerprint density at radius 2 is 1.88 bits per heavy atom. The van der Waals surface area contributed by atoms with E-state index >= 15 is 0 Å². The molecule has 8 nitrogen and oxygen atoms in total. The molecular formula is C23H25F3N6O2. The van der Waals surface area contributed by atoms with Gasteiger partial charge in [0.05, 0.1) is 22.5 Å². The van der Waals surface area contributed by atoms with Crippen molar-refractivity contribution in [1.82, 2.24) is 19.8 Å². The molecule has 0 aromatic carbocycles. The second-order valence-corrected chi connectivity index (χ2v) is 8.95. The summed E-state index contributed by atoms with van der Waals surface area (Å²) in [6.45, 7) is 5.61. The molecule has 0 aliphatic carbocycles. The first kappa shape index (κ1) is 22.6. The molecule has 1 amide bonds. The Balaban J connectivity index is 1.24. The number of carbonyl (C=O) groups is 1. The van der Waals surface area contributed by atoms with Gasteiger partial charge in [-0.2, -0.15) is 13.2 Å². The number of hydrogen-bond acceptors (Lipinski definition) is 7. The van der Waals surface area contributed by atoms with E-state index in [-0.39, 0.29) is 17.2 Å². The monoisotopic (exact) mass is 474 g/mol. The SMILES string of the molecule is CC1=C(C(F)(F)F)C(O)Nc2cc(CN3CCN(c4cc5c(cn4)C(=O)N(C)C5)CC3)cnc21. The third kappa shape index (κ3) is 3.98. The molecule has 0 radical (unpaired) electrons. The van der Waals surface area contributed by atoms with E-state index in [9.17, 15) is 23.1 Å². The summed E-state index contributed by atoms with van der Waals surface area (Å²) in [5.41, 5.74) is 2.04.